The standard InChI is InChI=1S/C14H11ClN2O2S/c15-11-6-12-13(17-9-16-12)7-14(11)20(18,19)8-10-4-2-1-3-5-10/h1-7,9H,8H2,(H,16,17). The second kappa shape index (κ2) is 4.92. The van der Waals surface area contributed by atoms with Gasteiger partial charge in [0.2, 0.25) is 0 Å². The van der Waals surface area contributed by atoms with Crippen molar-refractivity contribution < 1.29 is 8.42 Å². The van der Waals surface area contributed by atoms with Crippen LogP contribution in [0.15, 0.2) is 53.7 Å². The Hall–Kier alpha value is -1.85. The molecule has 6 heteroatoms. The number of halogens is 1. The zero-order valence-electron chi connectivity index (χ0n) is 10.4. The summed E-state index contributed by atoms with van der Waals surface area (Å²) >= 11 is 6.08. The maximum absolute atomic E-state index is 12.5. The van der Waals surface area contributed by atoms with Crippen molar-refractivity contribution in [1.29, 1.82) is 0 Å². The van der Waals surface area contributed by atoms with Crippen molar-refractivity contribution in [3.05, 3.63) is 59.4 Å². The van der Waals surface area contributed by atoms with Crippen LogP contribution >= 0.6 is 11.6 Å². The Kier molecular flexibility index (Phi) is 3.23. The number of aromatic amines is 1. The van der Waals surface area contributed by atoms with E-state index in [-0.39, 0.29) is 15.7 Å². The highest BCUT2D eigenvalue weighted by atomic mass is 35.5. The minimum atomic E-state index is -3.49. The average molecular weight is 307 g/mol. The molecule has 3 aromatic rings. The van der Waals surface area contributed by atoms with E-state index in [2.05, 4.69) is 9.97 Å². The molecule has 1 N–H and O–H groups in total. The van der Waals surface area contributed by atoms with E-state index in [1.807, 2.05) is 18.2 Å². The highest BCUT2D eigenvalue weighted by Gasteiger charge is 2.20. The molecule has 4 nitrogen and oxygen atoms in total. The highest BCUT2D eigenvalue weighted by molar-refractivity contribution is 7.90. The molecule has 0 radical (unpaired) electrons. The Morgan fingerprint density at radius 3 is 2.65 bits per heavy atom. The van der Waals surface area contributed by atoms with Crippen molar-refractivity contribution in [2.24, 2.45) is 0 Å². The first-order chi connectivity index (χ1) is 9.56. The van der Waals surface area contributed by atoms with Gasteiger partial charge < -0.3 is 4.98 Å². The molecule has 1 heterocycles. The molecule has 0 saturated carbocycles. The number of nitrogens with one attached hydrogen (secondary N) is 1. The summed E-state index contributed by atoms with van der Waals surface area (Å²) in [5.41, 5.74) is 2.03. The average Bonchev–Trinajstić information content (AvgIpc) is 2.85. The minimum Gasteiger partial charge on any atom is -0.345 e. The molecule has 0 aliphatic rings. The van der Waals surface area contributed by atoms with Crippen molar-refractivity contribution in [2.75, 3.05) is 0 Å². The molecule has 0 aliphatic carbocycles. The second-order valence-corrected chi connectivity index (χ2v) is 6.81. The van der Waals surface area contributed by atoms with Gasteiger partial charge in [0.05, 0.1) is 33.0 Å². The molecule has 3 rings (SSSR count). The lowest BCUT2D eigenvalue weighted by Crippen LogP contribution is -2.05. The molecule has 0 fully saturated rings. The van der Waals surface area contributed by atoms with Crippen molar-refractivity contribution >= 4 is 32.5 Å². The van der Waals surface area contributed by atoms with E-state index in [4.69, 9.17) is 11.6 Å². The number of hydrogen-bond donors (Lipinski definition) is 1. The number of fused-ring (bicyclic) bond motifs is 1. The molecule has 0 unspecified atom stereocenters. The SMILES string of the molecule is O=S(=O)(Cc1ccccc1)c1cc2[nH]cnc2cc1Cl. The molecule has 0 spiro atoms. The number of benzene rings is 2. The highest BCUT2D eigenvalue weighted by Crippen LogP contribution is 2.28. The molecular weight excluding hydrogens is 296 g/mol. The molecular formula is C14H11ClN2O2S. The molecule has 0 aliphatic heterocycles. The van der Waals surface area contributed by atoms with Crippen molar-refractivity contribution in [1.82, 2.24) is 9.97 Å². The van der Waals surface area contributed by atoms with Gasteiger partial charge in [0.1, 0.15) is 0 Å². The van der Waals surface area contributed by atoms with E-state index in [0.29, 0.717) is 11.0 Å². The van der Waals surface area contributed by atoms with Crippen LogP contribution in [0.1, 0.15) is 5.56 Å². The van der Waals surface area contributed by atoms with Gasteiger partial charge >= 0.3 is 0 Å². The number of sulfone groups is 1. The van der Waals surface area contributed by atoms with Gasteiger partial charge in [-0.3, -0.25) is 0 Å². The molecule has 0 atom stereocenters. The Morgan fingerprint density at radius 1 is 1.15 bits per heavy atom. The monoisotopic (exact) mass is 306 g/mol. The molecule has 102 valence electrons. The molecule has 20 heavy (non-hydrogen) atoms. The van der Waals surface area contributed by atoms with E-state index >= 15 is 0 Å². The lowest BCUT2D eigenvalue weighted by atomic mass is 10.2. The summed E-state index contributed by atoms with van der Waals surface area (Å²) in [6.07, 6.45) is 1.51. The third-order valence-electron chi connectivity index (χ3n) is 3.01. The third-order valence-corrected chi connectivity index (χ3v) is 5.15. The van der Waals surface area contributed by atoms with Crippen LogP contribution in [-0.2, 0) is 15.6 Å². The number of H-pyrrole nitrogens is 1. The lowest BCUT2D eigenvalue weighted by Gasteiger charge is -2.07. The fraction of sp³-hybridized carbons (Fsp3) is 0.0714. The van der Waals surface area contributed by atoms with Crippen molar-refractivity contribution in [3.63, 3.8) is 0 Å². The van der Waals surface area contributed by atoms with Crippen LogP contribution in [0.2, 0.25) is 5.02 Å². The predicted octanol–water partition coefficient (Wildman–Crippen LogP) is 3.19. The summed E-state index contributed by atoms with van der Waals surface area (Å²) in [7, 11) is -3.49. The van der Waals surface area contributed by atoms with Crippen LogP contribution in [0.25, 0.3) is 11.0 Å². The minimum absolute atomic E-state index is 0.0762. The summed E-state index contributed by atoms with van der Waals surface area (Å²) in [5, 5.41) is 0.195. The Bertz CT molecular complexity index is 857. The first kappa shape index (κ1) is 13.1. The van der Waals surface area contributed by atoms with Crippen LogP contribution in [0, 0.1) is 0 Å². The summed E-state index contributed by atoms with van der Waals surface area (Å²) in [6, 6.07) is 12.1. The Morgan fingerprint density at radius 2 is 1.90 bits per heavy atom. The number of rotatable bonds is 3. The normalized spacial score (nSPS) is 11.8. The summed E-state index contributed by atoms with van der Waals surface area (Å²) < 4.78 is 24.9. The van der Waals surface area contributed by atoms with Crippen LogP contribution in [0.5, 0.6) is 0 Å². The van der Waals surface area contributed by atoms with Crippen LogP contribution < -0.4 is 0 Å². The van der Waals surface area contributed by atoms with Crippen molar-refractivity contribution in [2.45, 2.75) is 10.6 Å². The molecule has 2 aromatic carbocycles. The third kappa shape index (κ3) is 2.42. The number of aromatic nitrogens is 2. The fourth-order valence-electron chi connectivity index (χ4n) is 2.05. The van der Waals surface area contributed by atoms with Crippen molar-refractivity contribution in [3.8, 4) is 0 Å². The van der Waals surface area contributed by atoms with Gasteiger partial charge in [-0.1, -0.05) is 41.9 Å². The molecule has 0 bridgehead atoms. The topological polar surface area (TPSA) is 62.8 Å². The van der Waals surface area contributed by atoms with Crippen LogP contribution in [0.3, 0.4) is 0 Å². The predicted molar refractivity (Wildman–Crippen MR) is 78.4 cm³/mol. The zero-order valence-corrected chi connectivity index (χ0v) is 11.9. The van der Waals surface area contributed by atoms with Gasteiger partial charge in [-0.25, -0.2) is 13.4 Å². The van der Waals surface area contributed by atoms with Gasteiger partial charge in [0.25, 0.3) is 0 Å². The second-order valence-electron chi connectivity index (χ2n) is 4.45. The largest absolute Gasteiger partial charge is 0.345 e. The summed E-state index contributed by atoms with van der Waals surface area (Å²) in [5.74, 6) is -0.0762. The van der Waals surface area contributed by atoms with Gasteiger partial charge in [-0.15, -0.1) is 0 Å². The quantitative estimate of drug-likeness (QED) is 0.808. The van der Waals surface area contributed by atoms with E-state index in [1.54, 1.807) is 18.2 Å². The lowest BCUT2D eigenvalue weighted by molar-refractivity contribution is 0.595. The number of hydrogen-bond acceptors (Lipinski definition) is 3. The smallest absolute Gasteiger partial charge is 0.184 e. The molecule has 0 saturated heterocycles. The van der Waals surface area contributed by atoms with Gasteiger partial charge in [-0.2, -0.15) is 0 Å². The number of imidazole rings is 1. The molecule has 1 aromatic heterocycles. The Balaban J connectivity index is 2.06. The summed E-state index contributed by atoms with van der Waals surface area (Å²) in [4.78, 5) is 7.07. The zero-order chi connectivity index (χ0) is 14.2. The van der Waals surface area contributed by atoms with E-state index in [1.165, 1.54) is 12.4 Å². The van der Waals surface area contributed by atoms with Gasteiger partial charge in [0.15, 0.2) is 9.84 Å². The van der Waals surface area contributed by atoms with Gasteiger partial charge in [-0.05, 0) is 17.7 Å². The van der Waals surface area contributed by atoms with Crippen LogP contribution in [0.4, 0.5) is 0 Å². The summed E-state index contributed by atoms with van der Waals surface area (Å²) in [6.45, 7) is 0. The number of nitrogens with zero attached hydrogens (tertiary/aromatic N) is 1. The first-order valence-electron chi connectivity index (χ1n) is 5.95. The van der Waals surface area contributed by atoms with Crippen LogP contribution in [-0.4, -0.2) is 18.4 Å². The molecule has 0 amide bonds. The maximum atomic E-state index is 12.5. The van der Waals surface area contributed by atoms with E-state index < -0.39 is 9.84 Å². The maximum Gasteiger partial charge on any atom is 0.184 e. The van der Waals surface area contributed by atoms with E-state index in [0.717, 1.165) is 5.56 Å². The fourth-order valence-corrected chi connectivity index (χ4v) is 4.00. The first-order valence-corrected chi connectivity index (χ1v) is 7.98. The van der Waals surface area contributed by atoms with Gasteiger partial charge in [0, 0.05) is 0 Å². The Labute approximate surface area is 121 Å². The van der Waals surface area contributed by atoms with E-state index in [9.17, 15) is 8.42 Å².